The van der Waals surface area contributed by atoms with E-state index >= 15 is 0 Å². The number of benzene rings is 2. The lowest BCUT2D eigenvalue weighted by atomic mass is 10.0. The fourth-order valence-electron chi connectivity index (χ4n) is 3.65. The Hall–Kier alpha value is -3.87. The summed E-state index contributed by atoms with van der Waals surface area (Å²) in [5.41, 5.74) is 3.90. The lowest BCUT2D eigenvalue weighted by molar-refractivity contribution is -0.118. The first-order chi connectivity index (χ1) is 15.1. The maximum Gasteiger partial charge on any atom is 0.343 e. The summed E-state index contributed by atoms with van der Waals surface area (Å²) >= 11 is 0. The number of ether oxygens (including phenoxy) is 3. The van der Waals surface area contributed by atoms with Crippen LogP contribution < -0.4 is 14.8 Å². The van der Waals surface area contributed by atoms with E-state index in [0.717, 1.165) is 12.0 Å². The molecule has 158 valence electrons. The van der Waals surface area contributed by atoms with Crippen LogP contribution in [0.1, 0.15) is 39.6 Å². The molecule has 0 saturated carbocycles. The van der Waals surface area contributed by atoms with E-state index < -0.39 is 12.1 Å². The zero-order chi connectivity index (χ0) is 21.8. The Morgan fingerprint density at radius 1 is 1.00 bits per heavy atom. The Kier molecular flexibility index (Phi) is 5.84. The van der Waals surface area contributed by atoms with Gasteiger partial charge >= 0.3 is 5.97 Å². The number of carbonyl (C=O) groups excluding carboxylic acids is 2. The van der Waals surface area contributed by atoms with E-state index in [1.54, 1.807) is 24.5 Å². The van der Waals surface area contributed by atoms with Crippen molar-refractivity contribution in [2.75, 3.05) is 19.5 Å². The number of cyclic esters (lactones) is 1. The van der Waals surface area contributed by atoms with Gasteiger partial charge in [0.05, 0.1) is 20.6 Å². The average molecular weight is 418 g/mol. The van der Waals surface area contributed by atoms with Crippen LogP contribution in [0.2, 0.25) is 0 Å². The minimum absolute atomic E-state index is 0.00693. The van der Waals surface area contributed by atoms with E-state index in [9.17, 15) is 9.59 Å². The molecule has 0 spiro atoms. The molecule has 1 amide bonds. The van der Waals surface area contributed by atoms with Gasteiger partial charge < -0.3 is 19.5 Å². The van der Waals surface area contributed by atoms with Gasteiger partial charge in [0.15, 0.2) is 11.5 Å². The number of methoxy groups -OCH3 is 2. The highest BCUT2D eigenvalue weighted by Gasteiger charge is 2.36. The number of pyridine rings is 1. The van der Waals surface area contributed by atoms with E-state index in [2.05, 4.69) is 10.3 Å². The predicted octanol–water partition coefficient (Wildman–Crippen LogP) is 3.93. The molecule has 1 atom stereocenters. The van der Waals surface area contributed by atoms with E-state index in [-0.39, 0.29) is 12.3 Å². The highest BCUT2D eigenvalue weighted by Crippen LogP contribution is 2.43. The topological polar surface area (TPSA) is 86.8 Å². The Bertz CT molecular complexity index is 1100. The number of nitrogens with zero attached hydrogens (tertiary/aromatic N) is 1. The lowest BCUT2D eigenvalue weighted by Crippen LogP contribution is -2.15. The van der Waals surface area contributed by atoms with Crippen LogP contribution in [-0.2, 0) is 16.0 Å². The van der Waals surface area contributed by atoms with Crippen molar-refractivity contribution in [1.29, 1.82) is 0 Å². The van der Waals surface area contributed by atoms with E-state index in [1.165, 1.54) is 19.8 Å². The summed E-state index contributed by atoms with van der Waals surface area (Å²) in [5, 5.41) is 2.86. The van der Waals surface area contributed by atoms with Crippen molar-refractivity contribution in [3.05, 3.63) is 83.2 Å². The zero-order valence-electron chi connectivity index (χ0n) is 17.3. The largest absolute Gasteiger partial charge is 0.493 e. The van der Waals surface area contributed by atoms with Crippen LogP contribution in [0.25, 0.3) is 0 Å². The first kappa shape index (κ1) is 20.4. The minimum Gasteiger partial charge on any atom is -0.493 e. The molecule has 7 nitrogen and oxygen atoms in total. The van der Waals surface area contributed by atoms with Gasteiger partial charge in [-0.1, -0.05) is 18.2 Å². The molecule has 3 aromatic rings. The number of hydrogen-bond acceptors (Lipinski definition) is 6. The number of carbonyl (C=O) groups is 2. The minimum atomic E-state index is -0.673. The standard InChI is InChI=1S/C24H22N2O5/c1-29-19-8-7-18-20(31-24(28)22(18)23(19)30-2)14-21(27)26-17-5-3-15(4-6-17)13-16-9-11-25-12-10-16/h3-12,20H,13-14H2,1-2H3,(H,26,27). The second-order valence-corrected chi connectivity index (χ2v) is 7.14. The van der Waals surface area contributed by atoms with Crippen LogP contribution in [0.4, 0.5) is 5.69 Å². The molecule has 2 heterocycles. The molecular weight excluding hydrogens is 396 g/mol. The molecule has 0 aliphatic carbocycles. The van der Waals surface area contributed by atoms with Crippen LogP contribution in [0.15, 0.2) is 60.9 Å². The number of esters is 1. The summed E-state index contributed by atoms with van der Waals surface area (Å²) in [4.78, 5) is 29.0. The van der Waals surface area contributed by atoms with E-state index in [4.69, 9.17) is 14.2 Å². The molecule has 0 bridgehead atoms. The Morgan fingerprint density at radius 2 is 1.71 bits per heavy atom. The molecule has 1 unspecified atom stereocenters. The van der Waals surface area contributed by atoms with Crippen molar-refractivity contribution >= 4 is 17.6 Å². The highest BCUT2D eigenvalue weighted by molar-refractivity contribution is 5.99. The van der Waals surface area contributed by atoms with Gasteiger partial charge in [-0.25, -0.2) is 4.79 Å². The van der Waals surface area contributed by atoms with Crippen LogP contribution in [0.3, 0.4) is 0 Å². The summed E-state index contributed by atoms with van der Waals surface area (Å²) in [7, 11) is 2.96. The third-order valence-electron chi connectivity index (χ3n) is 5.14. The molecule has 0 saturated heterocycles. The van der Waals surface area contributed by atoms with Gasteiger partial charge in [-0.05, 0) is 47.9 Å². The summed E-state index contributed by atoms with van der Waals surface area (Å²) in [6, 6.07) is 15.0. The van der Waals surface area contributed by atoms with Gasteiger partial charge in [0.1, 0.15) is 11.7 Å². The number of nitrogens with one attached hydrogen (secondary N) is 1. The molecule has 0 radical (unpaired) electrons. The number of aromatic nitrogens is 1. The second-order valence-electron chi connectivity index (χ2n) is 7.14. The Balaban J connectivity index is 1.41. The lowest BCUT2D eigenvalue weighted by Gasteiger charge is -2.13. The zero-order valence-corrected chi connectivity index (χ0v) is 17.3. The van der Waals surface area contributed by atoms with Crippen molar-refractivity contribution in [3.8, 4) is 11.5 Å². The molecule has 1 N–H and O–H groups in total. The summed E-state index contributed by atoms with van der Waals surface area (Å²) in [6.07, 6.45) is 3.66. The van der Waals surface area contributed by atoms with Crippen molar-refractivity contribution < 1.29 is 23.8 Å². The number of rotatable bonds is 7. The molecule has 4 rings (SSSR count). The second kappa shape index (κ2) is 8.87. The van der Waals surface area contributed by atoms with Gasteiger partial charge in [0, 0.05) is 23.6 Å². The average Bonchev–Trinajstić information content (AvgIpc) is 3.10. The van der Waals surface area contributed by atoms with Crippen molar-refractivity contribution in [2.24, 2.45) is 0 Å². The molecule has 1 aromatic heterocycles. The summed E-state index contributed by atoms with van der Waals surface area (Å²) < 4.78 is 16.0. The maximum atomic E-state index is 12.6. The van der Waals surface area contributed by atoms with Crippen LogP contribution >= 0.6 is 0 Å². The van der Waals surface area contributed by atoms with Gasteiger partial charge in [0.25, 0.3) is 0 Å². The number of anilines is 1. The SMILES string of the molecule is COc1ccc2c(c1OC)C(=O)OC2CC(=O)Nc1ccc(Cc2ccncc2)cc1. The van der Waals surface area contributed by atoms with Crippen LogP contribution in [0, 0.1) is 0 Å². The molecule has 2 aromatic carbocycles. The van der Waals surface area contributed by atoms with E-state index in [0.29, 0.717) is 28.3 Å². The Labute approximate surface area is 180 Å². The van der Waals surface area contributed by atoms with Crippen LogP contribution in [0.5, 0.6) is 11.5 Å². The van der Waals surface area contributed by atoms with Gasteiger partial charge in [-0.3, -0.25) is 9.78 Å². The van der Waals surface area contributed by atoms with Crippen molar-refractivity contribution in [2.45, 2.75) is 18.9 Å². The van der Waals surface area contributed by atoms with Gasteiger partial charge in [-0.15, -0.1) is 0 Å². The number of fused-ring (bicyclic) bond motifs is 1. The molecule has 0 fully saturated rings. The molecule has 1 aliphatic heterocycles. The van der Waals surface area contributed by atoms with Crippen molar-refractivity contribution in [3.63, 3.8) is 0 Å². The normalized spacial score (nSPS) is 14.5. The fourth-order valence-corrected chi connectivity index (χ4v) is 3.65. The van der Waals surface area contributed by atoms with E-state index in [1.807, 2.05) is 36.4 Å². The summed E-state index contributed by atoms with van der Waals surface area (Å²) in [6.45, 7) is 0. The quantitative estimate of drug-likeness (QED) is 0.585. The summed E-state index contributed by atoms with van der Waals surface area (Å²) in [5.74, 6) is -0.0146. The third kappa shape index (κ3) is 4.35. The monoisotopic (exact) mass is 418 g/mol. The number of hydrogen-bond donors (Lipinski definition) is 1. The predicted molar refractivity (Wildman–Crippen MR) is 114 cm³/mol. The fraction of sp³-hybridized carbons (Fsp3) is 0.208. The highest BCUT2D eigenvalue weighted by atomic mass is 16.6. The first-order valence-electron chi connectivity index (χ1n) is 9.82. The molecule has 7 heteroatoms. The molecule has 31 heavy (non-hydrogen) atoms. The van der Waals surface area contributed by atoms with Gasteiger partial charge in [-0.2, -0.15) is 0 Å². The molecular formula is C24H22N2O5. The maximum absolute atomic E-state index is 12.6. The smallest absolute Gasteiger partial charge is 0.343 e. The third-order valence-corrected chi connectivity index (χ3v) is 5.14. The van der Waals surface area contributed by atoms with Crippen LogP contribution in [-0.4, -0.2) is 31.1 Å². The first-order valence-corrected chi connectivity index (χ1v) is 9.82. The number of amides is 1. The Morgan fingerprint density at radius 3 is 2.39 bits per heavy atom. The van der Waals surface area contributed by atoms with Crippen molar-refractivity contribution in [1.82, 2.24) is 4.98 Å². The van der Waals surface area contributed by atoms with Gasteiger partial charge in [0.2, 0.25) is 5.91 Å². The molecule has 1 aliphatic rings.